The van der Waals surface area contributed by atoms with Crippen molar-refractivity contribution < 1.29 is 28.6 Å². The number of carbonyl (C=O) groups is 3. The van der Waals surface area contributed by atoms with Gasteiger partial charge >= 0.3 is 18.0 Å². The summed E-state index contributed by atoms with van der Waals surface area (Å²) < 4.78 is 15.0. The van der Waals surface area contributed by atoms with Crippen molar-refractivity contribution in [1.82, 2.24) is 5.32 Å². The van der Waals surface area contributed by atoms with Crippen molar-refractivity contribution >= 4 is 29.6 Å². The Morgan fingerprint density at radius 2 is 1.61 bits per heavy atom. The van der Waals surface area contributed by atoms with E-state index in [4.69, 9.17) is 25.8 Å². The molecular formula is C23H26ClNO6. The summed E-state index contributed by atoms with van der Waals surface area (Å²) in [5, 5.41) is 3.23. The fraction of sp³-hybridized carbons (Fsp3) is 0.348. The lowest BCUT2D eigenvalue weighted by Crippen LogP contribution is -2.31. The first-order valence-electron chi connectivity index (χ1n) is 9.90. The van der Waals surface area contributed by atoms with Crippen molar-refractivity contribution in [3.05, 3.63) is 70.7 Å². The van der Waals surface area contributed by atoms with E-state index in [2.05, 4.69) is 5.32 Å². The SMILES string of the molecule is CC(C)C(=O)OCOC(=O)NC(CCC(=O)OCc1ccccc1)c1ccc(Cl)cc1. The molecule has 8 heteroatoms. The number of esters is 2. The topological polar surface area (TPSA) is 90.9 Å². The third-order valence-corrected chi connectivity index (χ3v) is 4.56. The predicted molar refractivity (Wildman–Crippen MR) is 115 cm³/mol. The van der Waals surface area contributed by atoms with Gasteiger partial charge in [0.1, 0.15) is 6.61 Å². The number of hydrogen-bond acceptors (Lipinski definition) is 6. The van der Waals surface area contributed by atoms with E-state index in [0.29, 0.717) is 5.02 Å². The third kappa shape index (κ3) is 9.09. The van der Waals surface area contributed by atoms with Crippen LogP contribution in [-0.4, -0.2) is 24.8 Å². The monoisotopic (exact) mass is 447 g/mol. The maximum atomic E-state index is 12.2. The number of alkyl carbamates (subject to hydrolysis) is 1. The molecule has 166 valence electrons. The molecule has 0 heterocycles. The van der Waals surface area contributed by atoms with E-state index in [0.717, 1.165) is 11.1 Å². The zero-order chi connectivity index (χ0) is 22.6. The van der Waals surface area contributed by atoms with Crippen LogP contribution in [0.25, 0.3) is 0 Å². The highest BCUT2D eigenvalue weighted by atomic mass is 35.5. The van der Waals surface area contributed by atoms with Crippen LogP contribution in [-0.2, 0) is 30.4 Å². The highest BCUT2D eigenvalue weighted by Crippen LogP contribution is 2.21. The predicted octanol–water partition coefficient (Wildman–Crippen LogP) is 4.79. The summed E-state index contributed by atoms with van der Waals surface area (Å²) in [7, 11) is 0. The second-order valence-electron chi connectivity index (χ2n) is 7.10. The molecule has 0 aliphatic heterocycles. The van der Waals surface area contributed by atoms with Crippen LogP contribution in [0.4, 0.5) is 4.79 Å². The number of halogens is 1. The fourth-order valence-corrected chi connectivity index (χ4v) is 2.71. The molecule has 2 aromatic carbocycles. The third-order valence-electron chi connectivity index (χ3n) is 4.31. The molecule has 1 amide bonds. The Morgan fingerprint density at radius 3 is 2.26 bits per heavy atom. The van der Waals surface area contributed by atoms with Crippen LogP contribution in [0.2, 0.25) is 5.02 Å². The Hall–Kier alpha value is -3.06. The number of amides is 1. The Bertz CT molecular complexity index is 854. The van der Waals surface area contributed by atoms with Gasteiger partial charge in [0.25, 0.3) is 0 Å². The molecule has 0 fully saturated rings. The molecule has 0 aliphatic carbocycles. The summed E-state index contributed by atoms with van der Waals surface area (Å²) >= 11 is 5.94. The molecule has 0 saturated heterocycles. The van der Waals surface area contributed by atoms with E-state index in [1.54, 1.807) is 38.1 Å². The average Bonchev–Trinajstić information content (AvgIpc) is 2.76. The van der Waals surface area contributed by atoms with Crippen LogP contribution in [0.5, 0.6) is 0 Å². The Balaban J connectivity index is 1.89. The van der Waals surface area contributed by atoms with Gasteiger partial charge in [0, 0.05) is 11.4 Å². The van der Waals surface area contributed by atoms with Crippen LogP contribution in [0.1, 0.15) is 43.9 Å². The van der Waals surface area contributed by atoms with Crippen LogP contribution in [0.3, 0.4) is 0 Å². The summed E-state index contributed by atoms with van der Waals surface area (Å²) in [5.41, 5.74) is 1.64. The minimum atomic E-state index is -0.769. The summed E-state index contributed by atoms with van der Waals surface area (Å²) in [6, 6.07) is 15.7. The number of rotatable bonds is 10. The first-order valence-corrected chi connectivity index (χ1v) is 10.3. The molecule has 1 atom stereocenters. The smallest absolute Gasteiger partial charge is 0.410 e. The fourth-order valence-electron chi connectivity index (χ4n) is 2.58. The molecule has 7 nitrogen and oxygen atoms in total. The van der Waals surface area contributed by atoms with Gasteiger partial charge in [-0.2, -0.15) is 0 Å². The Labute approximate surface area is 186 Å². The number of ether oxygens (including phenoxy) is 3. The standard InChI is InChI=1S/C23H26ClNO6/c1-16(2)22(27)30-15-31-23(28)25-20(18-8-10-19(24)11-9-18)12-13-21(26)29-14-17-6-4-3-5-7-17/h3-11,16,20H,12-15H2,1-2H3,(H,25,28). The van der Waals surface area contributed by atoms with Crippen molar-refractivity contribution in [2.24, 2.45) is 5.92 Å². The molecule has 0 radical (unpaired) electrons. The molecule has 2 rings (SSSR count). The maximum Gasteiger partial charge on any atom is 0.410 e. The van der Waals surface area contributed by atoms with Gasteiger partial charge in [-0.25, -0.2) is 4.79 Å². The highest BCUT2D eigenvalue weighted by molar-refractivity contribution is 6.30. The van der Waals surface area contributed by atoms with Crippen LogP contribution in [0, 0.1) is 5.92 Å². The van der Waals surface area contributed by atoms with E-state index < -0.39 is 24.9 Å². The second-order valence-corrected chi connectivity index (χ2v) is 7.54. The van der Waals surface area contributed by atoms with Gasteiger partial charge in [0.05, 0.1) is 12.0 Å². The zero-order valence-electron chi connectivity index (χ0n) is 17.5. The number of carbonyl (C=O) groups excluding carboxylic acids is 3. The first kappa shape index (κ1) is 24.2. The maximum absolute atomic E-state index is 12.2. The van der Waals surface area contributed by atoms with Crippen LogP contribution >= 0.6 is 11.6 Å². The molecule has 0 bridgehead atoms. The second kappa shape index (κ2) is 12.6. The lowest BCUT2D eigenvalue weighted by Gasteiger charge is -2.19. The van der Waals surface area contributed by atoms with E-state index in [1.165, 1.54) is 0 Å². The lowest BCUT2D eigenvalue weighted by molar-refractivity contribution is -0.155. The summed E-state index contributed by atoms with van der Waals surface area (Å²) in [6.45, 7) is 3.04. The molecule has 0 aromatic heterocycles. The van der Waals surface area contributed by atoms with Gasteiger partial charge in [-0.05, 0) is 29.7 Å². The normalized spacial score (nSPS) is 11.5. The molecule has 2 aromatic rings. The van der Waals surface area contributed by atoms with Crippen molar-refractivity contribution in [2.45, 2.75) is 39.3 Å². The molecule has 0 saturated carbocycles. The summed E-state index contributed by atoms with van der Waals surface area (Å²) in [6.07, 6.45) is -0.395. The summed E-state index contributed by atoms with van der Waals surface area (Å²) in [5.74, 6) is -1.18. The Kier molecular flexibility index (Phi) is 9.84. The van der Waals surface area contributed by atoms with Gasteiger partial charge in [-0.15, -0.1) is 0 Å². The van der Waals surface area contributed by atoms with Gasteiger partial charge in [0.15, 0.2) is 0 Å². The van der Waals surface area contributed by atoms with E-state index in [1.807, 2.05) is 30.3 Å². The first-order chi connectivity index (χ1) is 14.8. The molecule has 31 heavy (non-hydrogen) atoms. The van der Waals surface area contributed by atoms with Crippen LogP contribution < -0.4 is 5.32 Å². The van der Waals surface area contributed by atoms with Crippen molar-refractivity contribution in [3.8, 4) is 0 Å². The summed E-state index contributed by atoms with van der Waals surface area (Å²) in [4.78, 5) is 35.7. The molecule has 0 aliphatic rings. The largest absolute Gasteiger partial charge is 0.461 e. The average molecular weight is 448 g/mol. The molecule has 0 spiro atoms. The zero-order valence-corrected chi connectivity index (χ0v) is 18.3. The molecule has 1 N–H and O–H groups in total. The highest BCUT2D eigenvalue weighted by Gasteiger charge is 2.18. The number of nitrogens with one attached hydrogen (secondary N) is 1. The van der Waals surface area contributed by atoms with Crippen LogP contribution in [0.15, 0.2) is 54.6 Å². The van der Waals surface area contributed by atoms with E-state index >= 15 is 0 Å². The minimum absolute atomic E-state index is 0.0861. The lowest BCUT2D eigenvalue weighted by atomic mass is 10.0. The van der Waals surface area contributed by atoms with Crippen molar-refractivity contribution in [1.29, 1.82) is 0 Å². The van der Waals surface area contributed by atoms with Gasteiger partial charge in [-0.3, -0.25) is 9.59 Å². The van der Waals surface area contributed by atoms with Gasteiger partial charge < -0.3 is 19.5 Å². The van der Waals surface area contributed by atoms with E-state index in [-0.39, 0.29) is 31.3 Å². The van der Waals surface area contributed by atoms with Crippen molar-refractivity contribution in [2.75, 3.05) is 6.79 Å². The molecule has 1 unspecified atom stereocenters. The van der Waals surface area contributed by atoms with Crippen molar-refractivity contribution in [3.63, 3.8) is 0 Å². The Morgan fingerprint density at radius 1 is 0.935 bits per heavy atom. The number of hydrogen-bond donors (Lipinski definition) is 1. The van der Waals surface area contributed by atoms with Gasteiger partial charge in [0.2, 0.25) is 6.79 Å². The number of benzene rings is 2. The van der Waals surface area contributed by atoms with E-state index in [9.17, 15) is 14.4 Å². The minimum Gasteiger partial charge on any atom is -0.461 e. The van der Waals surface area contributed by atoms with Gasteiger partial charge in [-0.1, -0.05) is 67.9 Å². The molecular weight excluding hydrogens is 422 g/mol. The quantitative estimate of drug-likeness (QED) is 0.416.